The topological polar surface area (TPSA) is 89.6 Å². The minimum atomic E-state index is -0.797. The van der Waals surface area contributed by atoms with Crippen molar-refractivity contribution < 1.29 is 19.4 Å². The van der Waals surface area contributed by atoms with Gasteiger partial charge in [0.2, 0.25) is 5.91 Å². The van der Waals surface area contributed by atoms with Gasteiger partial charge in [0.1, 0.15) is 11.5 Å². The third-order valence-corrected chi connectivity index (χ3v) is 4.17. The van der Waals surface area contributed by atoms with E-state index in [9.17, 15) is 9.59 Å². The van der Waals surface area contributed by atoms with E-state index < -0.39 is 11.9 Å². The minimum absolute atomic E-state index is 0.0664. The number of aliphatic carboxylic acids is 1. The molecule has 132 valence electrons. The molecule has 1 aromatic rings. The van der Waals surface area contributed by atoms with Crippen molar-refractivity contribution in [3.63, 3.8) is 0 Å². The summed E-state index contributed by atoms with van der Waals surface area (Å²) in [7, 11) is 0. The number of primary amides is 1. The maximum absolute atomic E-state index is 11.2. The zero-order valence-electron chi connectivity index (χ0n) is 13.7. The molecule has 5 nitrogen and oxygen atoms in total. The van der Waals surface area contributed by atoms with Gasteiger partial charge in [0, 0.05) is 12.0 Å². The van der Waals surface area contributed by atoms with Crippen LogP contribution in [0.15, 0.2) is 54.3 Å². The third-order valence-electron chi connectivity index (χ3n) is 3.88. The Hall–Kier alpha value is -2.53. The molecular weight excluding hydrogens is 342 g/mol. The summed E-state index contributed by atoms with van der Waals surface area (Å²) in [5.74, 6) is -0.343. The second-order valence-electron chi connectivity index (χ2n) is 5.96. The number of amides is 1. The Morgan fingerprint density at radius 1 is 1.40 bits per heavy atom. The molecule has 1 amide bonds. The molecule has 0 aromatic heterocycles. The maximum Gasteiger partial charge on any atom is 0.303 e. The summed E-state index contributed by atoms with van der Waals surface area (Å²) in [6, 6.07) is 4.58. The number of allylic oxidation sites excluding steroid dienone is 4. The highest BCUT2D eigenvalue weighted by Gasteiger charge is 2.14. The highest BCUT2D eigenvalue weighted by Crippen LogP contribution is 2.29. The average molecular weight is 362 g/mol. The molecule has 1 aromatic carbocycles. The second-order valence-corrected chi connectivity index (χ2v) is 6.36. The lowest BCUT2D eigenvalue weighted by Crippen LogP contribution is -2.10. The van der Waals surface area contributed by atoms with Crippen molar-refractivity contribution in [2.45, 2.75) is 25.7 Å². The molecule has 0 unspecified atom stereocenters. The molecule has 0 saturated heterocycles. The highest BCUT2D eigenvalue weighted by atomic mass is 35.5. The number of rotatable bonds is 5. The summed E-state index contributed by atoms with van der Waals surface area (Å²) in [5.41, 5.74) is 6.38. The number of carbonyl (C=O) groups excluding carboxylic acids is 1. The molecule has 1 aliphatic rings. The Kier molecular flexibility index (Phi) is 6.42. The van der Waals surface area contributed by atoms with Crippen LogP contribution in [-0.4, -0.2) is 17.0 Å². The Bertz CT molecular complexity index is 752. The molecule has 25 heavy (non-hydrogen) atoms. The van der Waals surface area contributed by atoms with Crippen molar-refractivity contribution in [2.75, 3.05) is 0 Å². The fourth-order valence-corrected chi connectivity index (χ4v) is 2.78. The molecule has 0 bridgehead atoms. The van der Waals surface area contributed by atoms with E-state index in [4.69, 9.17) is 27.2 Å². The molecule has 2 rings (SSSR count). The molecule has 0 heterocycles. The van der Waals surface area contributed by atoms with Gasteiger partial charge in [-0.15, -0.1) is 0 Å². The summed E-state index contributed by atoms with van der Waals surface area (Å²) in [4.78, 5) is 22.1. The van der Waals surface area contributed by atoms with E-state index >= 15 is 0 Å². The van der Waals surface area contributed by atoms with Gasteiger partial charge in [0.15, 0.2) is 0 Å². The van der Waals surface area contributed by atoms with Gasteiger partial charge in [0.25, 0.3) is 0 Å². The van der Waals surface area contributed by atoms with Gasteiger partial charge in [-0.05, 0) is 55.5 Å². The van der Waals surface area contributed by atoms with E-state index in [0.29, 0.717) is 29.9 Å². The van der Waals surface area contributed by atoms with Crippen LogP contribution in [0.4, 0.5) is 0 Å². The van der Waals surface area contributed by atoms with Crippen LogP contribution >= 0.6 is 11.6 Å². The number of carboxylic acids is 1. The van der Waals surface area contributed by atoms with Crippen LogP contribution in [0.3, 0.4) is 0 Å². The molecule has 0 aliphatic heterocycles. The van der Waals surface area contributed by atoms with E-state index in [0.717, 1.165) is 12.0 Å². The monoisotopic (exact) mass is 361 g/mol. The summed E-state index contributed by atoms with van der Waals surface area (Å²) >= 11 is 6.14. The van der Waals surface area contributed by atoms with E-state index in [-0.39, 0.29) is 17.4 Å². The van der Waals surface area contributed by atoms with E-state index in [1.165, 1.54) is 6.07 Å². The third kappa shape index (κ3) is 5.80. The van der Waals surface area contributed by atoms with Gasteiger partial charge in [0.05, 0.1) is 5.02 Å². The highest BCUT2D eigenvalue weighted by molar-refractivity contribution is 6.32. The number of hydrogen-bond donors (Lipinski definition) is 2. The Balaban J connectivity index is 2.16. The summed E-state index contributed by atoms with van der Waals surface area (Å²) in [5, 5.41) is 9.25. The summed E-state index contributed by atoms with van der Waals surface area (Å²) < 4.78 is 5.81. The zero-order valence-corrected chi connectivity index (χ0v) is 14.5. The van der Waals surface area contributed by atoms with Crippen LogP contribution < -0.4 is 10.5 Å². The molecule has 0 saturated carbocycles. The van der Waals surface area contributed by atoms with Crippen LogP contribution in [0.2, 0.25) is 5.02 Å². The first-order chi connectivity index (χ1) is 11.8. The van der Waals surface area contributed by atoms with Crippen molar-refractivity contribution in [1.82, 2.24) is 0 Å². The van der Waals surface area contributed by atoms with Crippen molar-refractivity contribution in [3.05, 3.63) is 64.9 Å². The first-order valence-electron chi connectivity index (χ1n) is 7.90. The summed E-state index contributed by atoms with van der Waals surface area (Å²) in [6.07, 6.45) is 7.71. The van der Waals surface area contributed by atoms with Crippen LogP contribution in [-0.2, 0) is 4.79 Å². The Labute approximate surface area is 151 Å². The fourth-order valence-electron chi connectivity index (χ4n) is 2.57. The van der Waals surface area contributed by atoms with Gasteiger partial charge in [-0.1, -0.05) is 29.8 Å². The molecule has 0 spiro atoms. The predicted octanol–water partition coefficient (Wildman–Crippen LogP) is 4.09. The average Bonchev–Trinajstić information content (AvgIpc) is 2.60. The zero-order chi connectivity index (χ0) is 18.4. The van der Waals surface area contributed by atoms with Crippen molar-refractivity contribution >= 4 is 23.5 Å². The summed E-state index contributed by atoms with van der Waals surface area (Å²) in [6.45, 7) is 3.99. The Morgan fingerprint density at radius 2 is 2.16 bits per heavy atom. The number of carboxylic acid groups (broad SMARTS) is 1. The van der Waals surface area contributed by atoms with Crippen molar-refractivity contribution in [1.29, 1.82) is 0 Å². The fraction of sp³-hybridized carbons (Fsp3) is 0.263. The van der Waals surface area contributed by atoms with Crippen molar-refractivity contribution in [3.8, 4) is 5.75 Å². The van der Waals surface area contributed by atoms with Gasteiger partial charge in [-0.3, -0.25) is 9.59 Å². The quantitative estimate of drug-likeness (QED) is 0.826. The number of carbonyl (C=O) groups is 2. The molecule has 1 atom stereocenters. The first kappa shape index (κ1) is 18.8. The number of benzene rings is 1. The smallest absolute Gasteiger partial charge is 0.303 e. The lowest BCUT2D eigenvalue weighted by atomic mass is 9.94. The van der Waals surface area contributed by atoms with Crippen LogP contribution in [0.1, 0.15) is 36.0 Å². The number of hydrogen-bond acceptors (Lipinski definition) is 3. The minimum Gasteiger partial charge on any atom is -0.481 e. The number of nitrogens with two attached hydrogens (primary N) is 1. The van der Waals surface area contributed by atoms with Gasteiger partial charge >= 0.3 is 5.97 Å². The standard InChI is InChI=1S/C19H20ClNO4/c1-12-5-6-13(10-18(22)23)3-2-4-15(9-12)25-17-8-7-14(19(21)24)11-16(17)20/h2,4,7-9,11,13H,1,3,5-6,10H2,(H2,21,24)(H,22,23)/b4-2-,15-9+/t13-/m0/s1. The maximum atomic E-state index is 11.2. The largest absolute Gasteiger partial charge is 0.481 e. The van der Waals surface area contributed by atoms with Crippen LogP contribution in [0.5, 0.6) is 5.75 Å². The molecular formula is C19H20ClNO4. The van der Waals surface area contributed by atoms with Crippen molar-refractivity contribution in [2.24, 2.45) is 11.7 Å². The Morgan fingerprint density at radius 3 is 2.80 bits per heavy atom. The van der Waals surface area contributed by atoms with Crippen LogP contribution in [0, 0.1) is 5.92 Å². The second kappa shape index (κ2) is 8.53. The number of ether oxygens (including phenoxy) is 1. The number of halogens is 1. The predicted molar refractivity (Wildman–Crippen MR) is 96.6 cm³/mol. The van der Waals surface area contributed by atoms with Gasteiger partial charge < -0.3 is 15.6 Å². The van der Waals surface area contributed by atoms with E-state index in [1.807, 2.05) is 6.08 Å². The lowest BCUT2D eigenvalue weighted by Gasteiger charge is -2.11. The first-order valence-corrected chi connectivity index (χ1v) is 8.28. The lowest BCUT2D eigenvalue weighted by molar-refractivity contribution is -0.138. The van der Waals surface area contributed by atoms with Gasteiger partial charge in [-0.2, -0.15) is 0 Å². The van der Waals surface area contributed by atoms with Gasteiger partial charge in [-0.25, -0.2) is 0 Å². The normalized spacial score (nSPS) is 21.2. The molecule has 0 radical (unpaired) electrons. The van der Waals surface area contributed by atoms with Crippen LogP contribution in [0.25, 0.3) is 0 Å². The van der Waals surface area contributed by atoms with E-state index in [2.05, 4.69) is 6.58 Å². The van der Waals surface area contributed by atoms with E-state index in [1.54, 1.807) is 24.3 Å². The molecule has 0 fully saturated rings. The molecule has 1 aliphatic carbocycles. The molecule has 3 N–H and O–H groups in total. The molecule has 6 heteroatoms. The SMILES string of the molecule is C=C1/C=C(Oc2ccc(C(N)=O)cc2Cl)\C=C/C[C@H](CC(=O)O)CC1.